The summed E-state index contributed by atoms with van der Waals surface area (Å²) in [6.07, 6.45) is 9.52. The lowest BCUT2D eigenvalue weighted by molar-refractivity contribution is 0.310. The van der Waals surface area contributed by atoms with Gasteiger partial charge in [-0.15, -0.1) is 0 Å². The molecule has 0 saturated carbocycles. The molecule has 0 spiro atoms. The van der Waals surface area contributed by atoms with Crippen LogP contribution in [-0.2, 0) is 0 Å². The van der Waals surface area contributed by atoms with Crippen LogP contribution in [0.1, 0.15) is 45.9 Å². The summed E-state index contributed by atoms with van der Waals surface area (Å²) in [4.78, 5) is 18.6. The quantitative estimate of drug-likeness (QED) is 0.129. The molecule has 4 aromatic carbocycles. The van der Waals surface area contributed by atoms with Crippen LogP contribution in [0.2, 0.25) is 0 Å². The Labute approximate surface area is 333 Å². The van der Waals surface area contributed by atoms with E-state index >= 15 is 0 Å². The minimum atomic E-state index is 0.655. The molecule has 280 valence electrons. The molecule has 0 atom stereocenters. The summed E-state index contributed by atoms with van der Waals surface area (Å²) in [6, 6.07) is 43.2. The van der Waals surface area contributed by atoms with Gasteiger partial charge < -0.3 is 20.0 Å². The molecule has 3 N–H and O–H groups in total. The maximum absolute atomic E-state index is 6.09. The Balaban J connectivity index is 1.38. The number of aromatic nitrogens is 4. The van der Waals surface area contributed by atoms with Crippen molar-refractivity contribution in [1.29, 1.82) is 0 Å². The number of rotatable bonds is 9. The van der Waals surface area contributed by atoms with Gasteiger partial charge in [0.15, 0.2) is 0 Å². The van der Waals surface area contributed by atoms with Crippen LogP contribution in [0.25, 0.3) is 90.9 Å². The molecule has 8 bridgehead atoms. The van der Waals surface area contributed by atoms with Crippen LogP contribution in [-0.4, -0.2) is 40.1 Å². The standard InChI is InChI=1S/C51H45N5O/c1-32-6-12-35(13-7-32)48-40-22-24-42(53-40)49(36-14-8-33(2)9-15-36)44-26-28-46(55-44)51(38-18-20-39(21-19-38)57-31-5-30-52-4)47-29-27-45(56-47)50(43-25-23-41(48)54-43)37-16-10-34(3)11-17-37/h6-29,52-53,56H,5,30-31H2,1-4H3. The molecule has 0 unspecified atom stereocenters. The molecule has 7 aromatic rings. The van der Waals surface area contributed by atoms with Crippen molar-refractivity contribution in [3.63, 3.8) is 0 Å². The lowest BCUT2D eigenvalue weighted by Gasteiger charge is -2.09. The van der Waals surface area contributed by atoms with Crippen LogP contribution in [0.15, 0.2) is 121 Å². The van der Waals surface area contributed by atoms with Crippen molar-refractivity contribution >= 4 is 46.4 Å². The maximum Gasteiger partial charge on any atom is 0.119 e. The number of nitrogens with zero attached hydrogens (tertiary/aromatic N) is 2. The van der Waals surface area contributed by atoms with E-state index in [0.29, 0.717) is 6.61 Å². The van der Waals surface area contributed by atoms with Crippen LogP contribution in [0.5, 0.6) is 5.75 Å². The molecular formula is C51H45N5O. The Kier molecular flexibility index (Phi) is 9.71. The first-order chi connectivity index (χ1) is 27.9. The lowest BCUT2D eigenvalue weighted by Crippen LogP contribution is -2.11. The van der Waals surface area contributed by atoms with Crippen molar-refractivity contribution < 1.29 is 4.74 Å². The summed E-state index contributed by atoms with van der Waals surface area (Å²) in [5.41, 5.74) is 19.5. The summed E-state index contributed by atoms with van der Waals surface area (Å²) in [6.45, 7) is 7.93. The summed E-state index contributed by atoms with van der Waals surface area (Å²) < 4.78 is 6.09. The molecule has 5 heterocycles. The van der Waals surface area contributed by atoms with Crippen molar-refractivity contribution in [3.8, 4) is 50.3 Å². The van der Waals surface area contributed by atoms with Gasteiger partial charge in [-0.1, -0.05) is 102 Å². The van der Waals surface area contributed by atoms with E-state index < -0.39 is 0 Å². The summed E-state index contributed by atoms with van der Waals surface area (Å²) in [5, 5.41) is 3.19. The van der Waals surface area contributed by atoms with Gasteiger partial charge in [0.05, 0.1) is 29.4 Å². The number of ether oxygens (including phenoxy) is 1. The summed E-state index contributed by atoms with van der Waals surface area (Å²) in [7, 11) is 1.96. The first-order valence-electron chi connectivity index (χ1n) is 19.7. The predicted molar refractivity (Wildman–Crippen MR) is 239 cm³/mol. The van der Waals surface area contributed by atoms with Gasteiger partial charge in [-0.05, 0) is 124 Å². The lowest BCUT2D eigenvalue weighted by atomic mass is 10.0. The Morgan fingerprint density at radius 3 is 1.07 bits per heavy atom. The van der Waals surface area contributed by atoms with Crippen molar-refractivity contribution in [2.45, 2.75) is 27.2 Å². The Bertz CT molecular complexity index is 2780. The van der Waals surface area contributed by atoms with E-state index in [1.807, 2.05) is 7.05 Å². The predicted octanol–water partition coefficient (Wildman–Crippen LogP) is 12.2. The fraction of sp³-hybridized carbons (Fsp3) is 0.137. The van der Waals surface area contributed by atoms with Gasteiger partial charge in [-0.2, -0.15) is 0 Å². The highest BCUT2D eigenvalue weighted by atomic mass is 16.5. The number of hydrogen-bond donors (Lipinski definition) is 3. The zero-order valence-electron chi connectivity index (χ0n) is 32.8. The molecule has 3 aromatic heterocycles. The van der Waals surface area contributed by atoms with E-state index in [1.54, 1.807) is 0 Å². The molecule has 0 radical (unpaired) electrons. The third-order valence-electron chi connectivity index (χ3n) is 10.8. The molecule has 0 amide bonds. The zero-order valence-corrected chi connectivity index (χ0v) is 32.8. The van der Waals surface area contributed by atoms with E-state index in [1.165, 1.54) is 16.7 Å². The monoisotopic (exact) mass is 743 g/mol. The van der Waals surface area contributed by atoms with Crippen molar-refractivity contribution in [2.75, 3.05) is 20.2 Å². The van der Waals surface area contributed by atoms with Crippen LogP contribution in [0.3, 0.4) is 0 Å². The highest BCUT2D eigenvalue weighted by molar-refractivity contribution is 5.99. The number of aryl methyl sites for hydroxylation is 3. The maximum atomic E-state index is 6.09. The van der Waals surface area contributed by atoms with E-state index in [9.17, 15) is 0 Å². The van der Waals surface area contributed by atoms with Crippen molar-refractivity contribution in [2.24, 2.45) is 0 Å². The normalized spacial score (nSPS) is 12.0. The molecule has 57 heavy (non-hydrogen) atoms. The minimum Gasteiger partial charge on any atom is -0.494 e. The number of H-pyrrole nitrogens is 2. The van der Waals surface area contributed by atoms with Gasteiger partial charge in [0.1, 0.15) is 5.75 Å². The Morgan fingerprint density at radius 2 is 0.754 bits per heavy atom. The second-order valence-electron chi connectivity index (χ2n) is 14.9. The second-order valence-corrected chi connectivity index (χ2v) is 14.9. The Morgan fingerprint density at radius 1 is 0.439 bits per heavy atom. The number of nitrogens with one attached hydrogen (secondary N) is 3. The first-order valence-corrected chi connectivity index (χ1v) is 19.7. The van der Waals surface area contributed by atoms with Crippen LogP contribution in [0.4, 0.5) is 0 Å². The number of benzene rings is 4. The van der Waals surface area contributed by atoms with E-state index in [2.05, 4.69) is 182 Å². The van der Waals surface area contributed by atoms with Gasteiger partial charge in [0.25, 0.3) is 0 Å². The van der Waals surface area contributed by atoms with E-state index in [-0.39, 0.29) is 0 Å². The average Bonchev–Trinajstić information content (AvgIpc) is 4.07. The van der Waals surface area contributed by atoms with Gasteiger partial charge in [-0.3, -0.25) is 0 Å². The molecule has 0 fully saturated rings. The van der Waals surface area contributed by atoms with Crippen LogP contribution >= 0.6 is 0 Å². The van der Waals surface area contributed by atoms with Crippen molar-refractivity contribution in [3.05, 3.63) is 161 Å². The van der Waals surface area contributed by atoms with Gasteiger partial charge in [0, 0.05) is 44.3 Å². The minimum absolute atomic E-state index is 0.655. The van der Waals surface area contributed by atoms with Gasteiger partial charge >= 0.3 is 0 Å². The fourth-order valence-corrected chi connectivity index (χ4v) is 7.74. The SMILES string of the molecule is CNCCCOc1ccc(-c2c3nc(c(-c4ccc(C)cc4)c4ccc([nH]4)c(-c4ccc(C)cc4)c4nc(c(-c5ccc(C)cc5)c5ccc2[nH]5)C=C4)C=C3)cc1. The molecular weight excluding hydrogens is 699 g/mol. The highest BCUT2D eigenvalue weighted by Crippen LogP contribution is 2.39. The highest BCUT2D eigenvalue weighted by Gasteiger charge is 2.19. The van der Waals surface area contributed by atoms with Crippen molar-refractivity contribution in [1.82, 2.24) is 25.3 Å². The molecule has 0 saturated heterocycles. The number of fused-ring (bicyclic) bond motifs is 8. The molecule has 0 aliphatic carbocycles. The van der Waals surface area contributed by atoms with E-state index in [0.717, 1.165) is 108 Å². The van der Waals surface area contributed by atoms with Crippen LogP contribution in [0, 0.1) is 20.8 Å². The zero-order chi connectivity index (χ0) is 38.9. The Hall–Kier alpha value is -6.76. The summed E-state index contributed by atoms with van der Waals surface area (Å²) in [5.74, 6) is 0.847. The summed E-state index contributed by atoms with van der Waals surface area (Å²) >= 11 is 0. The second kappa shape index (κ2) is 15.4. The topological polar surface area (TPSA) is 78.6 Å². The number of aromatic amines is 2. The average molecular weight is 744 g/mol. The molecule has 6 heteroatoms. The molecule has 9 rings (SSSR count). The molecule has 2 aliphatic rings. The van der Waals surface area contributed by atoms with Crippen LogP contribution < -0.4 is 10.1 Å². The van der Waals surface area contributed by atoms with Gasteiger partial charge in [-0.25, -0.2) is 9.97 Å². The fourth-order valence-electron chi connectivity index (χ4n) is 7.74. The molecule has 6 nitrogen and oxygen atoms in total. The molecule has 2 aliphatic heterocycles. The van der Waals surface area contributed by atoms with Gasteiger partial charge in [0.2, 0.25) is 0 Å². The first kappa shape index (κ1) is 35.9. The van der Waals surface area contributed by atoms with E-state index in [4.69, 9.17) is 14.7 Å². The third kappa shape index (κ3) is 7.23. The third-order valence-corrected chi connectivity index (χ3v) is 10.8. The number of hydrogen-bond acceptors (Lipinski definition) is 4. The smallest absolute Gasteiger partial charge is 0.119 e. The largest absolute Gasteiger partial charge is 0.494 e.